The van der Waals surface area contributed by atoms with Crippen LogP contribution in [0.4, 0.5) is 5.69 Å². The van der Waals surface area contributed by atoms with Crippen molar-refractivity contribution in [3.8, 4) is 11.5 Å². The smallest absolute Gasteiger partial charge is 0.129 e. The molecule has 0 radical (unpaired) electrons. The Morgan fingerprint density at radius 1 is 1.05 bits per heavy atom. The van der Waals surface area contributed by atoms with E-state index in [0.717, 1.165) is 28.1 Å². The molecule has 0 aliphatic rings. The van der Waals surface area contributed by atoms with Gasteiger partial charge in [-0.2, -0.15) is 0 Å². The van der Waals surface area contributed by atoms with E-state index in [0.29, 0.717) is 0 Å². The van der Waals surface area contributed by atoms with E-state index in [1.54, 1.807) is 0 Å². The molecule has 0 unspecified atom stereocenters. The van der Waals surface area contributed by atoms with E-state index in [9.17, 15) is 0 Å². The predicted octanol–water partition coefficient (Wildman–Crippen LogP) is 4.87. The summed E-state index contributed by atoms with van der Waals surface area (Å²) in [6.45, 7) is 2.14. The topological polar surface area (TPSA) is 12.5 Å². The molecule has 2 rings (SSSR count). The molecule has 0 atom stereocenters. The van der Waals surface area contributed by atoms with Gasteiger partial charge >= 0.3 is 0 Å². The number of aryl methyl sites for hydroxylation is 1. The fraction of sp³-hybridized carbons (Fsp3) is 0.250. The molecular formula is C16H18BrNO. The van der Waals surface area contributed by atoms with Crippen LogP contribution in [0.15, 0.2) is 46.9 Å². The van der Waals surface area contributed by atoms with E-state index in [-0.39, 0.29) is 0 Å². The van der Waals surface area contributed by atoms with Gasteiger partial charge in [-0.1, -0.05) is 35.0 Å². The number of hydrogen-bond acceptors (Lipinski definition) is 2. The Morgan fingerprint density at radius 2 is 1.79 bits per heavy atom. The number of nitrogens with zero attached hydrogens (tertiary/aromatic N) is 1. The number of rotatable bonds is 4. The van der Waals surface area contributed by atoms with Gasteiger partial charge in [0.15, 0.2) is 0 Å². The molecule has 0 spiro atoms. The van der Waals surface area contributed by atoms with Crippen molar-refractivity contribution in [3.05, 3.63) is 52.5 Å². The zero-order chi connectivity index (χ0) is 13.8. The minimum Gasteiger partial charge on any atom is -0.457 e. The van der Waals surface area contributed by atoms with Crippen molar-refractivity contribution < 1.29 is 4.74 Å². The van der Waals surface area contributed by atoms with Crippen molar-refractivity contribution in [1.82, 2.24) is 0 Å². The number of benzene rings is 2. The van der Waals surface area contributed by atoms with Crippen molar-refractivity contribution in [2.24, 2.45) is 0 Å². The molecular weight excluding hydrogens is 302 g/mol. The molecule has 0 aromatic heterocycles. The van der Waals surface area contributed by atoms with Crippen LogP contribution < -0.4 is 9.64 Å². The first-order chi connectivity index (χ1) is 9.10. The van der Waals surface area contributed by atoms with Gasteiger partial charge in [0.25, 0.3) is 0 Å². The van der Waals surface area contributed by atoms with E-state index in [2.05, 4.69) is 39.9 Å². The standard InChI is InChI=1S/C16H18BrNO/c1-4-12-8-9-15(11-16(12)17)19-14-7-5-6-13(10-14)18(2)3/h5-11H,4H2,1-3H3. The molecule has 0 N–H and O–H groups in total. The van der Waals surface area contributed by atoms with E-state index in [4.69, 9.17) is 4.74 Å². The highest BCUT2D eigenvalue weighted by molar-refractivity contribution is 9.10. The quantitative estimate of drug-likeness (QED) is 0.797. The van der Waals surface area contributed by atoms with Crippen LogP contribution in [0.5, 0.6) is 11.5 Å². The van der Waals surface area contributed by atoms with Crippen molar-refractivity contribution in [2.75, 3.05) is 19.0 Å². The van der Waals surface area contributed by atoms with Gasteiger partial charge in [-0.15, -0.1) is 0 Å². The first-order valence-corrected chi connectivity index (χ1v) is 7.13. The minimum atomic E-state index is 0.847. The number of hydrogen-bond donors (Lipinski definition) is 0. The van der Waals surface area contributed by atoms with Crippen LogP contribution in [0.3, 0.4) is 0 Å². The molecule has 0 bridgehead atoms. The maximum atomic E-state index is 5.89. The van der Waals surface area contributed by atoms with Gasteiger partial charge in [-0.25, -0.2) is 0 Å². The van der Waals surface area contributed by atoms with Crippen LogP contribution in [0.25, 0.3) is 0 Å². The van der Waals surface area contributed by atoms with E-state index in [1.165, 1.54) is 5.56 Å². The molecule has 3 heteroatoms. The molecule has 100 valence electrons. The van der Waals surface area contributed by atoms with Crippen LogP contribution in [0.1, 0.15) is 12.5 Å². The monoisotopic (exact) mass is 319 g/mol. The third-order valence-corrected chi connectivity index (χ3v) is 3.71. The SMILES string of the molecule is CCc1ccc(Oc2cccc(N(C)C)c2)cc1Br. The fourth-order valence-corrected chi connectivity index (χ4v) is 2.48. The average Bonchev–Trinajstić information content (AvgIpc) is 2.39. The first-order valence-electron chi connectivity index (χ1n) is 6.34. The molecule has 0 aliphatic heterocycles. The zero-order valence-electron chi connectivity index (χ0n) is 11.5. The first kappa shape index (κ1) is 13.9. The number of anilines is 1. The van der Waals surface area contributed by atoms with E-state index < -0.39 is 0 Å². The molecule has 0 saturated heterocycles. The summed E-state index contributed by atoms with van der Waals surface area (Å²) in [4.78, 5) is 2.06. The molecule has 0 fully saturated rings. The summed E-state index contributed by atoms with van der Waals surface area (Å²) < 4.78 is 6.99. The molecule has 0 heterocycles. The second-order valence-electron chi connectivity index (χ2n) is 4.60. The summed E-state index contributed by atoms with van der Waals surface area (Å²) in [5.74, 6) is 1.70. The Balaban J connectivity index is 2.21. The third-order valence-electron chi connectivity index (χ3n) is 2.98. The summed E-state index contributed by atoms with van der Waals surface area (Å²) in [6, 6.07) is 14.2. The molecule has 2 aromatic rings. The highest BCUT2D eigenvalue weighted by Crippen LogP contribution is 2.29. The van der Waals surface area contributed by atoms with Crippen molar-refractivity contribution in [1.29, 1.82) is 0 Å². The molecule has 0 aliphatic carbocycles. The van der Waals surface area contributed by atoms with Gasteiger partial charge in [-0.3, -0.25) is 0 Å². The lowest BCUT2D eigenvalue weighted by atomic mass is 10.2. The Bertz CT molecular complexity index is 566. The highest BCUT2D eigenvalue weighted by Gasteiger charge is 2.03. The zero-order valence-corrected chi connectivity index (χ0v) is 13.1. The minimum absolute atomic E-state index is 0.847. The second kappa shape index (κ2) is 6.11. The maximum absolute atomic E-state index is 5.89. The van der Waals surface area contributed by atoms with Gasteiger partial charge in [-0.05, 0) is 36.2 Å². The summed E-state index contributed by atoms with van der Waals surface area (Å²) >= 11 is 3.57. The molecule has 2 aromatic carbocycles. The van der Waals surface area contributed by atoms with Gasteiger partial charge in [0, 0.05) is 30.3 Å². The lowest BCUT2D eigenvalue weighted by Gasteiger charge is -2.14. The van der Waals surface area contributed by atoms with Crippen LogP contribution in [-0.2, 0) is 6.42 Å². The molecule has 0 amide bonds. The van der Waals surface area contributed by atoms with Gasteiger partial charge in [0.1, 0.15) is 11.5 Å². The average molecular weight is 320 g/mol. The fourth-order valence-electron chi connectivity index (χ4n) is 1.84. The third kappa shape index (κ3) is 3.51. The highest BCUT2D eigenvalue weighted by atomic mass is 79.9. The normalized spacial score (nSPS) is 10.3. The summed E-state index contributed by atoms with van der Waals surface area (Å²) in [6.07, 6.45) is 1.01. The Labute approximate surface area is 123 Å². The van der Waals surface area contributed by atoms with Gasteiger partial charge in [0.05, 0.1) is 0 Å². The predicted molar refractivity (Wildman–Crippen MR) is 84.4 cm³/mol. The van der Waals surface area contributed by atoms with E-state index in [1.807, 2.05) is 44.4 Å². The van der Waals surface area contributed by atoms with E-state index >= 15 is 0 Å². The number of halogens is 1. The van der Waals surface area contributed by atoms with Crippen molar-refractivity contribution in [2.45, 2.75) is 13.3 Å². The largest absolute Gasteiger partial charge is 0.457 e. The van der Waals surface area contributed by atoms with Crippen LogP contribution in [0, 0.1) is 0 Å². The lowest BCUT2D eigenvalue weighted by molar-refractivity contribution is 0.482. The van der Waals surface area contributed by atoms with Crippen LogP contribution >= 0.6 is 15.9 Å². The molecule has 19 heavy (non-hydrogen) atoms. The number of ether oxygens (including phenoxy) is 1. The summed E-state index contributed by atoms with van der Waals surface area (Å²) in [7, 11) is 4.04. The van der Waals surface area contributed by atoms with Gasteiger partial charge in [0.2, 0.25) is 0 Å². The Morgan fingerprint density at radius 3 is 2.42 bits per heavy atom. The Hall–Kier alpha value is -1.48. The van der Waals surface area contributed by atoms with Crippen molar-refractivity contribution in [3.63, 3.8) is 0 Å². The second-order valence-corrected chi connectivity index (χ2v) is 5.45. The van der Waals surface area contributed by atoms with Crippen LogP contribution in [-0.4, -0.2) is 14.1 Å². The summed E-state index contributed by atoms with van der Waals surface area (Å²) in [5, 5.41) is 0. The van der Waals surface area contributed by atoms with Crippen LogP contribution in [0.2, 0.25) is 0 Å². The molecule has 2 nitrogen and oxygen atoms in total. The Kier molecular flexibility index (Phi) is 4.48. The lowest BCUT2D eigenvalue weighted by Crippen LogP contribution is -2.08. The van der Waals surface area contributed by atoms with Gasteiger partial charge < -0.3 is 9.64 Å². The maximum Gasteiger partial charge on any atom is 0.129 e. The van der Waals surface area contributed by atoms with Crippen molar-refractivity contribution >= 4 is 21.6 Å². The summed E-state index contributed by atoms with van der Waals surface area (Å²) in [5.41, 5.74) is 2.41. The molecule has 0 saturated carbocycles.